The lowest BCUT2D eigenvalue weighted by Gasteiger charge is -2.32. The molecule has 4 nitrogen and oxygen atoms in total. The summed E-state index contributed by atoms with van der Waals surface area (Å²) in [4.78, 5) is 3.96. The van der Waals surface area contributed by atoms with Gasteiger partial charge in [0.25, 0.3) is 0 Å². The van der Waals surface area contributed by atoms with Crippen molar-refractivity contribution in [2.75, 3.05) is 0 Å². The van der Waals surface area contributed by atoms with Crippen molar-refractivity contribution in [1.82, 2.24) is 4.98 Å². The van der Waals surface area contributed by atoms with Gasteiger partial charge in [-0.25, -0.2) is 4.98 Å². The summed E-state index contributed by atoms with van der Waals surface area (Å²) in [5.41, 5.74) is 0.435. The molecule has 0 N–H and O–H groups in total. The van der Waals surface area contributed by atoms with Crippen molar-refractivity contribution >= 4 is 12.6 Å². The fraction of sp³-hybridized carbons (Fsp3) is 0.429. The molecule has 0 bridgehead atoms. The van der Waals surface area contributed by atoms with Gasteiger partial charge in [0.1, 0.15) is 6.07 Å². The van der Waals surface area contributed by atoms with Crippen LogP contribution in [0.5, 0.6) is 0 Å². The summed E-state index contributed by atoms with van der Waals surface area (Å²) >= 11 is 0. The first-order valence-electron chi connectivity index (χ1n) is 6.03. The summed E-state index contributed by atoms with van der Waals surface area (Å²) in [6.07, 6.45) is 7.02. The third-order valence-electron chi connectivity index (χ3n) is 3.74. The van der Waals surface area contributed by atoms with E-state index in [1.165, 1.54) is 0 Å². The standard InChI is InChI=1S/C14H15BN2O2/c1-6-10-11(7-8-17-12(10)9-16)15-18-13(2,3)14(4,5)19-15/h1,7-8H,2-5H3. The first-order chi connectivity index (χ1) is 8.82. The molecule has 96 valence electrons. The number of nitriles is 1. The minimum absolute atomic E-state index is 0.217. The van der Waals surface area contributed by atoms with Crippen molar-refractivity contribution in [2.24, 2.45) is 0 Å². The Morgan fingerprint density at radius 1 is 1.26 bits per heavy atom. The van der Waals surface area contributed by atoms with E-state index in [1.807, 2.05) is 33.8 Å². The molecule has 0 saturated carbocycles. The van der Waals surface area contributed by atoms with Crippen LogP contribution in [-0.2, 0) is 9.31 Å². The van der Waals surface area contributed by atoms with Gasteiger partial charge in [-0.15, -0.1) is 6.42 Å². The largest absolute Gasteiger partial charge is 0.496 e. The zero-order chi connectivity index (χ0) is 14.3. The first-order valence-corrected chi connectivity index (χ1v) is 6.03. The molecule has 0 radical (unpaired) electrons. The van der Waals surface area contributed by atoms with E-state index in [9.17, 15) is 0 Å². The van der Waals surface area contributed by atoms with E-state index >= 15 is 0 Å². The second kappa shape index (κ2) is 4.38. The molecule has 5 heteroatoms. The highest BCUT2D eigenvalue weighted by Gasteiger charge is 2.52. The minimum Gasteiger partial charge on any atom is -0.399 e. The van der Waals surface area contributed by atoms with Crippen LogP contribution in [0.4, 0.5) is 0 Å². The molecule has 0 aromatic carbocycles. The molecule has 1 aromatic heterocycles. The maximum atomic E-state index is 9.03. The number of terminal acetylenes is 1. The second-order valence-electron chi connectivity index (χ2n) is 5.47. The molecule has 0 aliphatic carbocycles. The lowest BCUT2D eigenvalue weighted by molar-refractivity contribution is 0.00578. The predicted octanol–water partition coefficient (Wildman–Crippen LogP) is 1.23. The Kier molecular flexibility index (Phi) is 3.14. The highest BCUT2D eigenvalue weighted by molar-refractivity contribution is 6.62. The smallest absolute Gasteiger partial charge is 0.399 e. The number of pyridine rings is 1. The van der Waals surface area contributed by atoms with Crippen molar-refractivity contribution in [1.29, 1.82) is 5.26 Å². The maximum absolute atomic E-state index is 9.03. The van der Waals surface area contributed by atoms with Gasteiger partial charge < -0.3 is 9.31 Å². The van der Waals surface area contributed by atoms with Crippen LogP contribution >= 0.6 is 0 Å². The number of hydrogen-bond acceptors (Lipinski definition) is 4. The molecule has 2 rings (SSSR count). The molecule has 0 unspecified atom stereocenters. The van der Waals surface area contributed by atoms with Crippen molar-refractivity contribution in [3.63, 3.8) is 0 Å². The van der Waals surface area contributed by atoms with Crippen molar-refractivity contribution < 1.29 is 9.31 Å². The molecule has 0 atom stereocenters. The summed E-state index contributed by atoms with van der Waals surface area (Å²) in [5, 5.41) is 9.03. The van der Waals surface area contributed by atoms with Crippen molar-refractivity contribution in [2.45, 2.75) is 38.9 Å². The Labute approximate surface area is 113 Å². The predicted molar refractivity (Wildman–Crippen MR) is 72.6 cm³/mol. The van der Waals surface area contributed by atoms with Gasteiger partial charge in [-0.1, -0.05) is 5.92 Å². The molecule has 19 heavy (non-hydrogen) atoms. The zero-order valence-electron chi connectivity index (χ0n) is 11.5. The van der Waals surface area contributed by atoms with Crippen molar-refractivity contribution in [3.8, 4) is 18.4 Å². The van der Waals surface area contributed by atoms with E-state index in [1.54, 1.807) is 12.3 Å². The van der Waals surface area contributed by atoms with Gasteiger partial charge >= 0.3 is 7.12 Å². The molecule has 1 aliphatic rings. The summed E-state index contributed by atoms with van der Waals surface area (Å²) in [5.74, 6) is 2.50. The monoisotopic (exact) mass is 254 g/mol. The second-order valence-corrected chi connectivity index (χ2v) is 5.47. The summed E-state index contributed by atoms with van der Waals surface area (Å²) in [6, 6.07) is 3.72. The molecule has 1 aromatic rings. The molecule has 1 fully saturated rings. The van der Waals surface area contributed by atoms with E-state index in [2.05, 4.69) is 10.9 Å². The van der Waals surface area contributed by atoms with E-state index in [4.69, 9.17) is 21.0 Å². The third kappa shape index (κ3) is 2.12. The molecular formula is C14H15BN2O2. The molecular weight excluding hydrogens is 239 g/mol. The lowest BCUT2D eigenvalue weighted by atomic mass is 9.76. The Morgan fingerprint density at radius 2 is 1.84 bits per heavy atom. The highest BCUT2D eigenvalue weighted by Crippen LogP contribution is 2.36. The Balaban J connectivity index is 2.47. The van der Waals surface area contributed by atoms with Crippen LogP contribution in [0.25, 0.3) is 0 Å². The van der Waals surface area contributed by atoms with Gasteiger partial charge in [-0.2, -0.15) is 5.26 Å². The van der Waals surface area contributed by atoms with Crippen LogP contribution in [0.2, 0.25) is 0 Å². The molecule has 2 heterocycles. The van der Waals surface area contributed by atoms with Crippen LogP contribution in [-0.4, -0.2) is 23.3 Å². The third-order valence-corrected chi connectivity index (χ3v) is 3.74. The highest BCUT2D eigenvalue weighted by atomic mass is 16.7. The summed E-state index contributed by atoms with van der Waals surface area (Å²) in [7, 11) is -0.578. The van der Waals surface area contributed by atoms with Gasteiger partial charge in [0.2, 0.25) is 0 Å². The fourth-order valence-corrected chi connectivity index (χ4v) is 1.88. The molecule has 1 aliphatic heterocycles. The minimum atomic E-state index is -0.578. The first kappa shape index (κ1) is 13.6. The fourth-order valence-electron chi connectivity index (χ4n) is 1.88. The summed E-state index contributed by atoms with van der Waals surface area (Å²) in [6.45, 7) is 7.87. The number of rotatable bonds is 1. The quantitative estimate of drug-likeness (QED) is 0.558. The van der Waals surface area contributed by atoms with Crippen LogP contribution in [0.3, 0.4) is 0 Å². The normalized spacial score (nSPS) is 19.8. The molecule has 0 amide bonds. The lowest BCUT2D eigenvalue weighted by Crippen LogP contribution is -2.41. The Hall–Kier alpha value is -1.82. The number of aromatic nitrogens is 1. The molecule has 0 spiro atoms. The van der Waals surface area contributed by atoms with Crippen molar-refractivity contribution in [3.05, 3.63) is 23.5 Å². The zero-order valence-corrected chi connectivity index (χ0v) is 11.5. The van der Waals surface area contributed by atoms with Crippen LogP contribution in [0, 0.1) is 23.7 Å². The van der Waals surface area contributed by atoms with Crippen LogP contribution < -0.4 is 5.46 Å². The SMILES string of the molecule is C#Cc1c(B2OC(C)(C)C(C)(C)O2)ccnc1C#N. The van der Waals surface area contributed by atoms with Gasteiger partial charge in [0.05, 0.1) is 16.8 Å². The Morgan fingerprint density at radius 3 is 2.32 bits per heavy atom. The van der Waals surface area contributed by atoms with Crippen LogP contribution in [0.1, 0.15) is 39.0 Å². The van der Waals surface area contributed by atoms with E-state index < -0.39 is 18.3 Å². The van der Waals surface area contributed by atoms with Gasteiger partial charge in [-0.3, -0.25) is 0 Å². The van der Waals surface area contributed by atoms with E-state index in [0.29, 0.717) is 11.0 Å². The maximum Gasteiger partial charge on any atom is 0.496 e. The summed E-state index contributed by atoms with van der Waals surface area (Å²) < 4.78 is 11.9. The Bertz CT molecular complexity index is 580. The number of nitrogens with zero attached hydrogens (tertiary/aromatic N) is 2. The van der Waals surface area contributed by atoms with Gasteiger partial charge in [0.15, 0.2) is 5.69 Å². The van der Waals surface area contributed by atoms with E-state index in [0.717, 1.165) is 0 Å². The van der Waals surface area contributed by atoms with Gasteiger partial charge in [0, 0.05) is 11.7 Å². The number of hydrogen-bond donors (Lipinski definition) is 0. The topological polar surface area (TPSA) is 55.1 Å². The average Bonchev–Trinajstić information content (AvgIpc) is 2.57. The van der Waals surface area contributed by atoms with Gasteiger partial charge in [-0.05, 0) is 33.8 Å². The van der Waals surface area contributed by atoms with E-state index in [-0.39, 0.29) is 5.69 Å². The average molecular weight is 254 g/mol. The van der Waals surface area contributed by atoms with Crippen LogP contribution in [0.15, 0.2) is 12.3 Å². The molecule has 1 saturated heterocycles.